The van der Waals surface area contributed by atoms with Crippen LogP contribution in [0.25, 0.3) is 0 Å². The van der Waals surface area contributed by atoms with E-state index < -0.39 is 0 Å². The molecule has 0 saturated carbocycles. The van der Waals surface area contributed by atoms with Crippen molar-refractivity contribution in [1.29, 1.82) is 0 Å². The normalized spacial score (nSPS) is 13.0. The second-order valence-corrected chi connectivity index (χ2v) is 12.7. The van der Waals surface area contributed by atoms with Crippen molar-refractivity contribution in [2.75, 3.05) is 10.6 Å². The van der Waals surface area contributed by atoms with Crippen molar-refractivity contribution in [1.82, 2.24) is 0 Å². The molecule has 0 radical (unpaired) electrons. The molecule has 0 aromatic heterocycles. The lowest BCUT2D eigenvalue weighted by molar-refractivity contribution is 0.616. The van der Waals surface area contributed by atoms with Crippen LogP contribution < -0.4 is 10.6 Å². The first kappa shape index (κ1) is 25.9. The maximum atomic E-state index is 3.56. The van der Waals surface area contributed by atoms with Gasteiger partial charge in [0.15, 0.2) is 0 Å². The molecular formula is C32H44N2. The smallest absolute Gasteiger partial charge is 0.0344 e. The predicted molar refractivity (Wildman–Crippen MR) is 150 cm³/mol. The highest BCUT2D eigenvalue weighted by atomic mass is 15.0. The van der Waals surface area contributed by atoms with E-state index in [0.29, 0.717) is 0 Å². The van der Waals surface area contributed by atoms with E-state index in [2.05, 4.69) is 153 Å². The summed E-state index contributed by atoms with van der Waals surface area (Å²) in [6.07, 6.45) is 0. The number of hydrogen-bond acceptors (Lipinski definition) is 2. The Kier molecular flexibility index (Phi) is 6.95. The molecule has 2 N–H and O–H groups in total. The van der Waals surface area contributed by atoms with E-state index in [-0.39, 0.29) is 21.9 Å². The molecule has 0 bridgehead atoms. The maximum absolute atomic E-state index is 3.56. The third-order valence-corrected chi connectivity index (χ3v) is 6.56. The largest absolute Gasteiger partial charge is 0.380 e. The highest BCUT2D eigenvalue weighted by molar-refractivity contribution is 5.52. The molecule has 0 aliphatic carbocycles. The Hall–Kier alpha value is -2.74. The molecule has 0 aliphatic rings. The lowest BCUT2D eigenvalue weighted by Gasteiger charge is -2.31. The Morgan fingerprint density at radius 3 is 1.03 bits per heavy atom. The molecule has 0 heterocycles. The van der Waals surface area contributed by atoms with Crippen molar-refractivity contribution in [2.45, 2.75) is 91.1 Å². The number of anilines is 2. The van der Waals surface area contributed by atoms with Crippen molar-refractivity contribution in [3.8, 4) is 0 Å². The topological polar surface area (TPSA) is 24.1 Å². The Balaban J connectivity index is 1.88. The molecule has 3 aromatic rings. The van der Waals surface area contributed by atoms with Crippen LogP contribution in [0, 0.1) is 0 Å². The van der Waals surface area contributed by atoms with Crippen molar-refractivity contribution in [2.24, 2.45) is 0 Å². The molecule has 0 unspecified atom stereocenters. The van der Waals surface area contributed by atoms with Gasteiger partial charge in [0.25, 0.3) is 0 Å². The van der Waals surface area contributed by atoms with E-state index in [1.165, 1.54) is 22.3 Å². The minimum absolute atomic E-state index is 0.0535. The average molecular weight is 457 g/mol. The van der Waals surface area contributed by atoms with E-state index >= 15 is 0 Å². The Labute approximate surface area is 208 Å². The lowest BCUT2D eigenvalue weighted by atomic mass is 9.73. The first-order valence-corrected chi connectivity index (χ1v) is 12.5. The molecule has 0 amide bonds. The summed E-state index contributed by atoms with van der Waals surface area (Å²) in [7, 11) is 0. The molecule has 0 spiro atoms. The molecule has 3 rings (SSSR count). The molecule has 0 fully saturated rings. The summed E-state index contributed by atoms with van der Waals surface area (Å²) < 4.78 is 0. The molecule has 3 aromatic carbocycles. The van der Waals surface area contributed by atoms with Gasteiger partial charge in [0.2, 0.25) is 0 Å². The molecular weight excluding hydrogens is 412 g/mol. The Morgan fingerprint density at radius 1 is 0.412 bits per heavy atom. The zero-order chi connectivity index (χ0) is 25.4. The van der Waals surface area contributed by atoms with Crippen molar-refractivity contribution in [3.05, 3.63) is 95.1 Å². The van der Waals surface area contributed by atoms with Crippen LogP contribution in [0.1, 0.15) is 91.5 Å². The molecule has 182 valence electrons. The standard InChI is InChI=1S/C32H44N2/c1-29(2,3)33-27-18-14-23(15-19-27)31(7,8)25-12-11-13-26(22-25)32(9,10)24-16-20-28(21-17-24)34-30(4,5)6/h11-22,33-34H,1-10H3. The number of hydrogen-bond donors (Lipinski definition) is 2. The van der Waals surface area contributed by atoms with Crippen molar-refractivity contribution in [3.63, 3.8) is 0 Å². The second-order valence-electron chi connectivity index (χ2n) is 12.7. The minimum Gasteiger partial charge on any atom is -0.380 e. The summed E-state index contributed by atoms with van der Waals surface area (Å²) in [6, 6.07) is 26.9. The Bertz CT molecular complexity index is 1000. The van der Waals surface area contributed by atoms with Crippen LogP contribution in [-0.2, 0) is 10.8 Å². The van der Waals surface area contributed by atoms with Gasteiger partial charge in [-0.2, -0.15) is 0 Å². The van der Waals surface area contributed by atoms with E-state index in [9.17, 15) is 0 Å². The van der Waals surface area contributed by atoms with Crippen LogP contribution in [0.15, 0.2) is 72.8 Å². The third-order valence-electron chi connectivity index (χ3n) is 6.56. The summed E-state index contributed by atoms with van der Waals surface area (Å²) >= 11 is 0. The summed E-state index contributed by atoms with van der Waals surface area (Å²) in [5.74, 6) is 0. The number of nitrogens with one attached hydrogen (secondary N) is 2. The fourth-order valence-electron chi connectivity index (χ4n) is 4.44. The fraction of sp³-hybridized carbons (Fsp3) is 0.438. The van der Waals surface area contributed by atoms with Gasteiger partial charge in [-0.1, -0.05) is 76.2 Å². The quantitative estimate of drug-likeness (QED) is 0.387. The average Bonchev–Trinajstić information content (AvgIpc) is 2.72. The van der Waals surface area contributed by atoms with Gasteiger partial charge < -0.3 is 10.6 Å². The van der Waals surface area contributed by atoms with Crippen LogP contribution in [0.2, 0.25) is 0 Å². The predicted octanol–water partition coefficient (Wildman–Crippen LogP) is 8.76. The Morgan fingerprint density at radius 2 is 0.735 bits per heavy atom. The molecule has 2 nitrogen and oxygen atoms in total. The summed E-state index contributed by atoms with van der Waals surface area (Å²) in [6.45, 7) is 22.4. The van der Waals surface area contributed by atoms with Crippen molar-refractivity contribution < 1.29 is 0 Å². The van der Waals surface area contributed by atoms with Gasteiger partial charge in [0.1, 0.15) is 0 Å². The molecule has 0 saturated heterocycles. The zero-order valence-electron chi connectivity index (χ0n) is 22.9. The summed E-state index contributed by atoms with van der Waals surface area (Å²) in [5, 5.41) is 7.12. The first-order chi connectivity index (χ1) is 15.6. The van der Waals surface area contributed by atoms with E-state index in [1.54, 1.807) is 0 Å². The van der Waals surface area contributed by atoms with E-state index in [4.69, 9.17) is 0 Å². The maximum Gasteiger partial charge on any atom is 0.0344 e. The van der Waals surface area contributed by atoms with Crippen LogP contribution in [0.4, 0.5) is 11.4 Å². The number of benzene rings is 3. The van der Waals surface area contributed by atoms with Gasteiger partial charge in [0, 0.05) is 33.3 Å². The van der Waals surface area contributed by atoms with Crippen LogP contribution >= 0.6 is 0 Å². The third kappa shape index (κ3) is 6.23. The van der Waals surface area contributed by atoms with Gasteiger partial charge in [-0.15, -0.1) is 0 Å². The SMILES string of the molecule is CC(C)(C)Nc1ccc(C(C)(C)c2cccc(C(C)(C)c3ccc(NC(C)(C)C)cc3)c2)cc1. The molecule has 34 heavy (non-hydrogen) atoms. The van der Waals surface area contributed by atoms with Gasteiger partial charge in [-0.3, -0.25) is 0 Å². The van der Waals surface area contributed by atoms with E-state index in [1.807, 2.05) is 0 Å². The molecule has 0 aliphatic heterocycles. The fourth-order valence-corrected chi connectivity index (χ4v) is 4.44. The van der Waals surface area contributed by atoms with E-state index in [0.717, 1.165) is 11.4 Å². The second kappa shape index (κ2) is 9.13. The molecule has 2 heteroatoms. The lowest BCUT2D eigenvalue weighted by Crippen LogP contribution is -2.26. The first-order valence-electron chi connectivity index (χ1n) is 12.5. The van der Waals surface area contributed by atoms with Gasteiger partial charge in [0.05, 0.1) is 0 Å². The molecule has 0 atom stereocenters. The number of rotatable bonds is 6. The highest BCUT2D eigenvalue weighted by Gasteiger charge is 2.28. The monoisotopic (exact) mass is 456 g/mol. The highest BCUT2D eigenvalue weighted by Crippen LogP contribution is 2.37. The summed E-state index contributed by atoms with van der Waals surface area (Å²) in [5.41, 5.74) is 7.55. The van der Waals surface area contributed by atoms with Gasteiger partial charge in [-0.25, -0.2) is 0 Å². The summed E-state index contributed by atoms with van der Waals surface area (Å²) in [4.78, 5) is 0. The van der Waals surface area contributed by atoms with Gasteiger partial charge >= 0.3 is 0 Å². The van der Waals surface area contributed by atoms with Crippen LogP contribution in [0.3, 0.4) is 0 Å². The van der Waals surface area contributed by atoms with Crippen LogP contribution in [0.5, 0.6) is 0 Å². The van der Waals surface area contributed by atoms with Crippen molar-refractivity contribution >= 4 is 11.4 Å². The van der Waals surface area contributed by atoms with Crippen LogP contribution in [-0.4, -0.2) is 11.1 Å². The minimum atomic E-state index is -0.0904. The zero-order valence-corrected chi connectivity index (χ0v) is 22.9. The van der Waals surface area contributed by atoms with Gasteiger partial charge in [-0.05, 0) is 88.1 Å².